The Morgan fingerprint density at radius 2 is 1.56 bits per heavy atom. The van der Waals surface area contributed by atoms with Crippen LogP contribution in [-0.2, 0) is 9.53 Å². The first-order valence-corrected chi connectivity index (χ1v) is 7.92. The SMILES string of the molecule is O=C(COC(c1ccccc1)c1ccccc1)Nc1c[nH]ccc1=O. The van der Waals surface area contributed by atoms with Gasteiger partial charge in [0.2, 0.25) is 5.43 Å². The zero-order valence-corrected chi connectivity index (χ0v) is 13.5. The second kappa shape index (κ2) is 8.08. The fourth-order valence-electron chi connectivity index (χ4n) is 2.50. The maximum Gasteiger partial charge on any atom is 0.250 e. The highest BCUT2D eigenvalue weighted by Gasteiger charge is 2.16. The van der Waals surface area contributed by atoms with Crippen molar-refractivity contribution in [3.05, 3.63) is 100 Å². The fraction of sp³-hybridized carbons (Fsp3) is 0.100. The van der Waals surface area contributed by atoms with E-state index in [0.29, 0.717) is 0 Å². The average Bonchev–Trinajstić information content (AvgIpc) is 2.66. The van der Waals surface area contributed by atoms with E-state index in [1.165, 1.54) is 18.5 Å². The van der Waals surface area contributed by atoms with Gasteiger partial charge in [0.05, 0.1) is 0 Å². The molecular formula is C20H18N2O3. The minimum atomic E-state index is -0.381. The molecule has 0 aliphatic carbocycles. The first kappa shape index (κ1) is 16.7. The van der Waals surface area contributed by atoms with Crippen molar-refractivity contribution < 1.29 is 9.53 Å². The third-order valence-electron chi connectivity index (χ3n) is 3.68. The van der Waals surface area contributed by atoms with Crippen LogP contribution in [0.2, 0.25) is 0 Å². The Hall–Kier alpha value is -3.18. The molecule has 3 rings (SSSR count). The van der Waals surface area contributed by atoms with Gasteiger partial charge in [-0.2, -0.15) is 0 Å². The van der Waals surface area contributed by atoms with Gasteiger partial charge >= 0.3 is 0 Å². The van der Waals surface area contributed by atoms with E-state index in [1.807, 2.05) is 60.7 Å². The lowest BCUT2D eigenvalue weighted by Gasteiger charge is -2.18. The molecule has 1 aromatic heterocycles. The lowest BCUT2D eigenvalue weighted by molar-refractivity contribution is -0.121. The Bertz CT molecular complexity index is 836. The molecule has 5 nitrogen and oxygen atoms in total. The predicted molar refractivity (Wildman–Crippen MR) is 96.4 cm³/mol. The normalized spacial score (nSPS) is 10.6. The molecule has 3 aromatic rings. The molecule has 0 radical (unpaired) electrons. The average molecular weight is 334 g/mol. The number of hydrogen-bond donors (Lipinski definition) is 2. The van der Waals surface area contributed by atoms with Gasteiger partial charge in [0.25, 0.3) is 5.91 Å². The van der Waals surface area contributed by atoms with E-state index in [0.717, 1.165) is 11.1 Å². The maximum atomic E-state index is 12.1. The number of hydrogen-bond acceptors (Lipinski definition) is 3. The largest absolute Gasteiger partial charge is 0.366 e. The Labute approximate surface area is 145 Å². The van der Waals surface area contributed by atoms with E-state index >= 15 is 0 Å². The fourth-order valence-corrected chi connectivity index (χ4v) is 2.50. The zero-order valence-electron chi connectivity index (χ0n) is 13.5. The Kier molecular flexibility index (Phi) is 5.39. The van der Waals surface area contributed by atoms with Crippen molar-refractivity contribution in [1.29, 1.82) is 0 Å². The number of carbonyl (C=O) groups is 1. The van der Waals surface area contributed by atoms with E-state index < -0.39 is 0 Å². The summed E-state index contributed by atoms with van der Waals surface area (Å²) >= 11 is 0. The van der Waals surface area contributed by atoms with Crippen LogP contribution in [-0.4, -0.2) is 17.5 Å². The summed E-state index contributed by atoms with van der Waals surface area (Å²) in [4.78, 5) is 26.6. The van der Waals surface area contributed by atoms with Crippen molar-refractivity contribution in [1.82, 2.24) is 4.98 Å². The van der Waals surface area contributed by atoms with Crippen LogP contribution >= 0.6 is 0 Å². The number of nitrogens with one attached hydrogen (secondary N) is 2. The minimum absolute atomic E-state index is 0.164. The first-order valence-electron chi connectivity index (χ1n) is 7.92. The molecule has 0 unspecified atom stereocenters. The molecule has 1 heterocycles. The summed E-state index contributed by atoms with van der Waals surface area (Å²) in [5, 5.41) is 2.56. The molecule has 1 amide bonds. The van der Waals surface area contributed by atoms with Gasteiger partial charge in [0.1, 0.15) is 18.4 Å². The molecule has 0 atom stereocenters. The number of pyridine rings is 1. The molecule has 0 aliphatic heterocycles. The monoisotopic (exact) mass is 334 g/mol. The van der Waals surface area contributed by atoms with Crippen LogP contribution in [0.1, 0.15) is 17.2 Å². The number of aromatic amines is 1. The van der Waals surface area contributed by atoms with Gasteiger partial charge in [0.15, 0.2) is 0 Å². The van der Waals surface area contributed by atoms with Gasteiger partial charge < -0.3 is 15.0 Å². The number of rotatable bonds is 6. The number of carbonyl (C=O) groups excluding carboxylic acids is 1. The first-order chi connectivity index (χ1) is 12.2. The molecule has 2 aromatic carbocycles. The van der Waals surface area contributed by atoms with Gasteiger partial charge in [-0.15, -0.1) is 0 Å². The lowest BCUT2D eigenvalue weighted by atomic mass is 10.0. The van der Waals surface area contributed by atoms with Crippen LogP contribution in [0.5, 0.6) is 0 Å². The third-order valence-corrected chi connectivity index (χ3v) is 3.68. The maximum absolute atomic E-state index is 12.1. The predicted octanol–water partition coefficient (Wildman–Crippen LogP) is 3.12. The molecule has 126 valence electrons. The second-order valence-corrected chi connectivity index (χ2v) is 5.48. The van der Waals surface area contributed by atoms with E-state index in [9.17, 15) is 9.59 Å². The quantitative estimate of drug-likeness (QED) is 0.727. The summed E-state index contributed by atoms with van der Waals surface area (Å²) in [5.41, 5.74) is 1.86. The standard InChI is InChI=1S/C20H18N2O3/c23-18-11-12-21-13-17(18)22-19(24)14-25-20(15-7-3-1-4-8-15)16-9-5-2-6-10-16/h1-13,20H,14H2,(H,21,23)(H,22,24). The number of H-pyrrole nitrogens is 1. The number of aromatic nitrogens is 1. The van der Waals surface area contributed by atoms with Gasteiger partial charge in [-0.1, -0.05) is 60.7 Å². The summed E-state index contributed by atoms with van der Waals surface area (Å²) < 4.78 is 5.86. The molecule has 0 saturated heterocycles. The number of ether oxygens (including phenoxy) is 1. The van der Waals surface area contributed by atoms with Crippen molar-refractivity contribution in [2.75, 3.05) is 11.9 Å². The molecule has 25 heavy (non-hydrogen) atoms. The number of amides is 1. The summed E-state index contributed by atoms with van der Waals surface area (Å²) in [5.74, 6) is -0.381. The van der Waals surface area contributed by atoms with Gasteiger partial charge in [0, 0.05) is 18.5 Å². The van der Waals surface area contributed by atoms with Crippen molar-refractivity contribution in [2.45, 2.75) is 6.10 Å². The number of benzene rings is 2. The van der Waals surface area contributed by atoms with Crippen molar-refractivity contribution in [2.24, 2.45) is 0 Å². The summed E-state index contributed by atoms with van der Waals surface area (Å²) in [7, 11) is 0. The Morgan fingerprint density at radius 1 is 0.960 bits per heavy atom. The molecule has 0 aliphatic rings. The van der Waals surface area contributed by atoms with Crippen molar-refractivity contribution in [3.8, 4) is 0 Å². The molecular weight excluding hydrogens is 316 g/mol. The minimum Gasteiger partial charge on any atom is -0.366 e. The lowest BCUT2D eigenvalue weighted by Crippen LogP contribution is -2.23. The number of anilines is 1. The van der Waals surface area contributed by atoms with Crippen LogP contribution in [0.4, 0.5) is 5.69 Å². The smallest absolute Gasteiger partial charge is 0.250 e. The zero-order chi connectivity index (χ0) is 17.5. The molecule has 0 saturated carbocycles. The highest BCUT2D eigenvalue weighted by atomic mass is 16.5. The summed E-state index contributed by atoms with van der Waals surface area (Å²) in [6, 6.07) is 20.8. The van der Waals surface area contributed by atoms with Crippen LogP contribution in [0, 0.1) is 0 Å². The van der Waals surface area contributed by atoms with Crippen LogP contribution in [0.3, 0.4) is 0 Å². The van der Waals surface area contributed by atoms with E-state index in [4.69, 9.17) is 4.74 Å². The Balaban J connectivity index is 1.72. The molecule has 0 fully saturated rings. The summed E-state index contributed by atoms with van der Waals surface area (Å²) in [6.45, 7) is -0.164. The molecule has 2 N–H and O–H groups in total. The van der Waals surface area contributed by atoms with Crippen molar-refractivity contribution >= 4 is 11.6 Å². The van der Waals surface area contributed by atoms with Crippen LogP contribution in [0.15, 0.2) is 83.9 Å². The third kappa shape index (κ3) is 4.43. The second-order valence-electron chi connectivity index (χ2n) is 5.48. The van der Waals surface area contributed by atoms with Crippen LogP contribution in [0.25, 0.3) is 0 Å². The molecule has 5 heteroatoms. The molecule has 0 bridgehead atoms. The Morgan fingerprint density at radius 3 is 2.12 bits per heavy atom. The van der Waals surface area contributed by atoms with Crippen molar-refractivity contribution in [3.63, 3.8) is 0 Å². The molecule has 0 spiro atoms. The summed E-state index contributed by atoms with van der Waals surface area (Å²) in [6.07, 6.45) is 2.60. The van der Waals surface area contributed by atoms with Crippen LogP contribution < -0.4 is 10.7 Å². The highest BCUT2D eigenvalue weighted by molar-refractivity contribution is 5.91. The van der Waals surface area contributed by atoms with E-state index in [2.05, 4.69) is 10.3 Å². The highest BCUT2D eigenvalue weighted by Crippen LogP contribution is 2.25. The van der Waals surface area contributed by atoms with Gasteiger partial charge in [-0.25, -0.2) is 0 Å². The van der Waals surface area contributed by atoms with Gasteiger partial charge in [-0.05, 0) is 11.1 Å². The van der Waals surface area contributed by atoms with Gasteiger partial charge in [-0.3, -0.25) is 9.59 Å². The van der Waals surface area contributed by atoms with E-state index in [1.54, 1.807) is 0 Å². The van der Waals surface area contributed by atoms with E-state index in [-0.39, 0.29) is 29.7 Å². The topological polar surface area (TPSA) is 71.2 Å².